The number of benzene rings is 1. The van der Waals surface area contributed by atoms with Crippen molar-refractivity contribution < 1.29 is 19.1 Å². The molecule has 3 amide bonds. The number of imide groups is 1. The van der Waals surface area contributed by atoms with Crippen LogP contribution in [0.15, 0.2) is 18.2 Å². The highest BCUT2D eigenvalue weighted by Gasteiger charge is 2.39. The standard InChI is InChI=1S/C19H23N3O4/c20-15-4-1-2-5-16(15)26-13-8-9-14-12(10-13)11-21(19(14)25)22-17(23)6-3-7-18(22)24/h8-10,15-16H,1-7,11,20H2/t15-,16+/m0/s1. The minimum Gasteiger partial charge on any atom is -0.489 e. The van der Waals surface area contributed by atoms with E-state index in [0.29, 0.717) is 30.6 Å². The summed E-state index contributed by atoms with van der Waals surface area (Å²) in [7, 11) is 0. The van der Waals surface area contributed by atoms with Crippen molar-refractivity contribution >= 4 is 17.7 Å². The maximum atomic E-state index is 12.7. The molecule has 1 saturated carbocycles. The van der Waals surface area contributed by atoms with E-state index >= 15 is 0 Å². The van der Waals surface area contributed by atoms with Crippen molar-refractivity contribution in [3.63, 3.8) is 0 Å². The molecule has 2 N–H and O–H groups in total. The number of fused-ring (bicyclic) bond motifs is 1. The zero-order chi connectivity index (χ0) is 18.3. The minimum absolute atomic E-state index is 0.0137. The van der Waals surface area contributed by atoms with Crippen molar-refractivity contribution in [3.05, 3.63) is 29.3 Å². The number of carbonyl (C=O) groups is 3. The predicted octanol–water partition coefficient (Wildman–Crippen LogP) is 1.75. The first-order valence-electron chi connectivity index (χ1n) is 9.27. The third-order valence-electron chi connectivity index (χ3n) is 5.40. The van der Waals surface area contributed by atoms with Crippen molar-refractivity contribution in [2.24, 2.45) is 5.73 Å². The number of amides is 3. The molecule has 1 saturated heterocycles. The largest absolute Gasteiger partial charge is 0.489 e. The zero-order valence-electron chi connectivity index (χ0n) is 14.6. The van der Waals surface area contributed by atoms with Gasteiger partial charge in [0.2, 0.25) is 11.8 Å². The van der Waals surface area contributed by atoms with Crippen LogP contribution in [0.2, 0.25) is 0 Å². The molecule has 3 aliphatic rings. The maximum absolute atomic E-state index is 12.7. The van der Waals surface area contributed by atoms with Crippen LogP contribution in [-0.4, -0.2) is 39.9 Å². The Bertz CT molecular complexity index is 747. The van der Waals surface area contributed by atoms with Gasteiger partial charge in [-0.3, -0.25) is 14.4 Å². The summed E-state index contributed by atoms with van der Waals surface area (Å²) >= 11 is 0. The van der Waals surface area contributed by atoms with Crippen LogP contribution >= 0.6 is 0 Å². The van der Waals surface area contributed by atoms with Crippen LogP contribution in [0.25, 0.3) is 0 Å². The highest BCUT2D eigenvalue weighted by molar-refractivity contribution is 6.04. The molecule has 4 rings (SSSR count). The third-order valence-corrected chi connectivity index (χ3v) is 5.40. The van der Waals surface area contributed by atoms with Crippen molar-refractivity contribution in [1.82, 2.24) is 10.0 Å². The number of hydrazine groups is 1. The second-order valence-corrected chi connectivity index (χ2v) is 7.24. The Kier molecular flexibility index (Phi) is 4.40. The molecule has 2 aliphatic heterocycles. The highest BCUT2D eigenvalue weighted by Crippen LogP contribution is 2.31. The normalized spacial score (nSPS) is 26.3. The van der Waals surface area contributed by atoms with E-state index < -0.39 is 0 Å². The lowest BCUT2D eigenvalue weighted by molar-refractivity contribution is -0.163. The number of rotatable bonds is 3. The molecule has 0 aromatic heterocycles. The molecule has 2 fully saturated rings. The molecular formula is C19H23N3O4. The smallest absolute Gasteiger partial charge is 0.273 e. The van der Waals surface area contributed by atoms with Gasteiger partial charge >= 0.3 is 0 Å². The van der Waals surface area contributed by atoms with Gasteiger partial charge in [0.25, 0.3) is 5.91 Å². The average molecular weight is 357 g/mol. The van der Waals surface area contributed by atoms with E-state index in [2.05, 4.69) is 0 Å². The Morgan fingerprint density at radius 2 is 1.73 bits per heavy atom. The second-order valence-electron chi connectivity index (χ2n) is 7.24. The zero-order valence-corrected chi connectivity index (χ0v) is 14.6. The first-order chi connectivity index (χ1) is 12.5. The molecule has 0 unspecified atom stereocenters. The number of piperidine rings is 1. The van der Waals surface area contributed by atoms with Crippen LogP contribution in [0, 0.1) is 0 Å². The van der Waals surface area contributed by atoms with E-state index in [1.807, 2.05) is 6.07 Å². The van der Waals surface area contributed by atoms with Crippen LogP contribution in [0.4, 0.5) is 0 Å². The Balaban J connectivity index is 1.53. The lowest BCUT2D eigenvalue weighted by atomic mass is 9.93. The van der Waals surface area contributed by atoms with Gasteiger partial charge in [-0.05, 0) is 49.4 Å². The number of nitrogens with two attached hydrogens (primary N) is 1. The summed E-state index contributed by atoms with van der Waals surface area (Å²) in [6.45, 7) is 0.208. The monoisotopic (exact) mass is 357 g/mol. The van der Waals surface area contributed by atoms with Gasteiger partial charge < -0.3 is 10.5 Å². The molecule has 7 heteroatoms. The lowest BCUT2D eigenvalue weighted by Crippen LogP contribution is -2.51. The molecule has 0 radical (unpaired) electrons. The van der Waals surface area contributed by atoms with Crippen molar-refractivity contribution in [3.8, 4) is 5.75 Å². The Hall–Kier alpha value is -2.41. The topological polar surface area (TPSA) is 92.9 Å². The summed E-state index contributed by atoms with van der Waals surface area (Å²) in [6.07, 6.45) is 5.24. The van der Waals surface area contributed by atoms with Gasteiger partial charge in [-0.15, -0.1) is 0 Å². The summed E-state index contributed by atoms with van der Waals surface area (Å²) in [5.41, 5.74) is 7.42. The number of ether oxygens (including phenoxy) is 1. The molecule has 138 valence electrons. The fourth-order valence-corrected chi connectivity index (χ4v) is 3.97. The molecule has 26 heavy (non-hydrogen) atoms. The second kappa shape index (κ2) is 6.72. The Morgan fingerprint density at radius 3 is 2.46 bits per heavy atom. The van der Waals surface area contributed by atoms with Gasteiger partial charge in [-0.1, -0.05) is 6.42 Å². The van der Waals surface area contributed by atoms with E-state index in [9.17, 15) is 14.4 Å². The fraction of sp³-hybridized carbons (Fsp3) is 0.526. The molecule has 2 heterocycles. The molecule has 0 bridgehead atoms. The first-order valence-corrected chi connectivity index (χ1v) is 9.27. The maximum Gasteiger partial charge on any atom is 0.273 e. The summed E-state index contributed by atoms with van der Waals surface area (Å²) < 4.78 is 6.05. The van der Waals surface area contributed by atoms with Crippen molar-refractivity contribution in [2.45, 2.75) is 63.6 Å². The van der Waals surface area contributed by atoms with E-state index in [1.54, 1.807) is 12.1 Å². The highest BCUT2D eigenvalue weighted by atomic mass is 16.5. The van der Waals surface area contributed by atoms with Gasteiger partial charge in [0.05, 0.1) is 6.54 Å². The first kappa shape index (κ1) is 17.0. The van der Waals surface area contributed by atoms with Crippen LogP contribution in [0.5, 0.6) is 5.75 Å². The van der Waals surface area contributed by atoms with Gasteiger partial charge in [0.1, 0.15) is 11.9 Å². The van der Waals surface area contributed by atoms with E-state index in [0.717, 1.165) is 36.3 Å². The van der Waals surface area contributed by atoms with Gasteiger partial charge in [-0.25, -0.2) is 5.01 Å². The van der Waals surface area contributed by atoms with Crippen LogP contribution < -0.4 is 10.5 Å². The summed E-state index contributed by atoms with van der Waals surface area (Å²) in [5, 5.41) is 2.27. The predicted molar refractivity (Wildman–Crippen MR) is 92.9 cm³/mol. The third kappa shape index (κ3) is 2.96. The molecule has 1 aromatic rings. The van der Waals surface area contributed by atoms with E-state index in [1.165, 1.54) is 5.01 Å². The van der Waals surface area contributed by atoms with Crippen molar-refractivity contribution in [2.75, 3.05) is 0 Å². The van der Waals surface area contributed by atoms with Crippen LogP contribution in [0.1, 0.15) is 60.9 Å². The van der Waals surface area contributed by atoms with Crippen LogP contribution in [-0.2, 0) is 16.1 Å². The fourth-order valence-electron chi connectivity index (χ4n) is 3.97. The van der Waals surface area contributed by atoms with E-state index in [-0.39, 0.29) is 36.4 Å². The summed E-state index contributed by atoms with van der Waals surface area (Å²) in [5.74, 6) is -0.263. The Morgan fingerprint density at radius 1 is 1.00 bits per heavy atom. The molecular weight excluding hydrogens is 334 g/mol. The van der Waals surface area contributed by atoms with Crippen molar-refractivity contribution in [1.29, 1.82) is 0 Å². The molecule has 1 aliphatic carbocycles. The Labute approximate surface area is 152 Å². The summed E-state index contributed by atoms with van der Waals surface area (Å²) in [4.78, 5) is 36.9. The van der Waals surface area contributed by atoms with Gasteiger partial charge in [-0.2, -0.15) is 5.01 Å². The van der Waals surface area contributed by atoms with Gasteiger partial charge in [0.15, 0.2) is 0 Å². The summed E-state index contributed by atoms with van der Waals surface area (Å²) in [6, 6.07) is 5.33. The number of hydrogen-bond donors (Lipinski definition) is 1. The molecule has 2 atom stereocenters. The molecule has 1 aromatic carbocycles. The average Bonchev–Trinajstić information content (AvgIpc) is 2.93. The SMILES string of the molecule is N[C@H]1CCCC[C@H]1Oc1ccc2c(c1)CN(N1C(=O)CCCC1=O)C2=O. The molecule has 7 nitrogen and oxygen atoms in total. The van der Waals surface area contributed by atoms with Crippen LogP contribution in [0.3, 0.4) is 0 Å². The number of nitrogens with zero attached hydrogens (tertiary/aromatic N) is 2. The van der Waals surface area contributed by atoms with E-state index in [4.69, 9.17) is 10.5 Å². The number of carbonyl (C=O) groups excluding carboxylic acids is 3. The minimum atomic E-state index is -0.315. The molecule has 0 spiro atoms. The number of hydrogen-bond acceptors (Lipinski definition) is 5. The lowest BCUT2D eigenvalue weighted by Gasteiger charge is -2.32. The van der Waals surface area contributed by atoms with Gasteiger partial charge in [0, 0.05) is 24.4 Å². The quantitative estimate of drug-likeness (QED) is 0.832.